The minimum atomic E-state index is -9.50. The summed E-state index contributed by atoms with van der Waals surface area (Å²) in [6.45, 7) is -3.40. The molecule has 0 saturated heterocycles. The van der Waals surface area contributed by atoms with E-state index in [9.17, 15) is 101 Å². The number of hydrogen-bond donors (Lipinski definition) is 4. The van der Waals surface area contributed by atoms with Crippen LogP contribution in [0.15, 0.2) is 0 Å². The van der Waals surface area contributed by atoms with Crippen molar-refractivity contribution in [3.8, 4) is 0 Å². The Morgan fingerprint density at radius 2 is 0.791 bits per heavy atom. The second-order valence-corrected chi connectivity index (χ2v) is 10.9. The SMILES string of the molecule is O=S(=O)(O)C(F)(F)C(F)(F)C(F)(C(F)(F)C(F)(F)F)C(O)(CCO)C(F)(C(F)(F)C(F)(F)C(F)(F)C(F)(F)F)S(=O)(=O)O. The summed E-state index contributed by atoms with van der Waals surface area (Å²) in [5, 5.41) is 0.680. The average Bonchev–Trinajstić information content (AvgIpc) is 2.73. The van der Waals surface area contributed by atoms with Crippen molar-refractivity contribution in [2.45, 2.75) is 69.9 Å². The Morgan fingerprint density at radius 3 is 1.02 bits per heavy atom. The summed E-state index contributed by atoms with van der Waals surface area (Å²) in [5.41, 5.74) is -17.9. The van der Waals surface area contributed by atoms with E-state index in [1.165, 1.54) is 0 Å². The van der Waals surface area contributed by atoms with E-state index in [1.54, 1.807) is 0 Å². The number of alkyl halides is 20. The predicted octanol–water partition coefficient (Wildman–Crippen LogP) is 4.14. The fourth-order valence-corrected chi connectivity index (χ4v) is 4.79. The highest BCUT2D eigenvalue weighted by Crippen LogP contribution is 2.69. The number of aliphatic hydroxyl groups is 2. The van der Waals surface area contributed by atoms with Gasteiger partial charge in [-0.25, -0.2) is 8.78 Å². The minimum absolute atomic E-state index is 3.40. The van der Waals surface area contributed by atoms with Gasteiger partial charge in [-0.2, -0.15) is 95.9 Å². The summed E-state index contributed by atoms with van der Waals surface area (Å²) in [4.78, 5) is 0. The van der Waals surface area contributed by atoms with Crippen LogP contribution in [-0.2, 0) is 20.2 Å². The zero-order chi connectivity index (χ0) is 35.9. The first kappa shape index (κ1) is 41.3. The van der Waals surface area contributed by atoms with Crippen molar-refractivity contribution < 1.29 is 124 Å². The van der Waals surface area contributed by atoms with E-state index in [-0.39, 0.29) is 0 Å². The van der Waals surface area contributed by atoms with Gasteiger partial charge in [0.05, 0.1) is 0 Å². The van der Waals surface area contributed by atoms with Gasteiger partial charge in [0.25, 0.3) is 5.67 Å². The summed E-state index contributed by atoms with van der Waals surface area (Å²) in [5.74, 6) is -45.9. The molecule has 0 amide bonds. The molecule has 3 unspecified atom stereocenters. The Balaban J connectivity index is 9.11. The van der Waals surface area contributed by atoms with Crippen molar-refractivity contribution in [2.75, 3.05) is 6.61 Å². The third kappa shape index (κ3) is 4.87. The van der Waals surface area contributed by atoms with Crippen LogP contribution in [0.1, 0.15) is 6.42 Å². The van der Waals surface area contributed by atoms with Gasteiger partial charge in [0.15, 0.2) is 5.60 Å². The molecule has 0 aliphatic carbocycles. The van der Waals surface area contributed by atoms with Crippen LogP contribution in [0.3, 0.4) is 0 Å². The highest BCUT2D eigenvalue weighted by molar-refractivity contribution is 7.87. The van der Waals surface area contributed by atoms with Crippen LogP contribution >= 0.6 is 0 Å². The first-order valence-electron chi connectivity index (χ1n) is 9.11. The number of hydrogen-bond acceptors (Lipinski definition) is 6. The van der Waals surface area contributed by atoms with E-state index in [2.05, 4.69) is 0 Å². The highest BCUT2D eigenvalue weighted by Gasteiger charge is 3.01. The van der Waals surface area contributed by atoms with Crippen LogP contribution < -0.4 is 0 Å². The highest BCUT2D eigenvalue weighted by atomic mass is 32.2. The standard InChI is InChI=1S/C13H8F20O8S2/c14-4(5(15,16)11(26,27)28,6(17,18)13(32,33)43(39,40)41)3(35,1-2-34)10(25,42(36,37)38)8(21,22)7(19,20)9(23,24)12(29,30)31/h34-35H,1-2H2,(H,36,37,38)(H,39,40,41). The maximum Gasteiger partial charge on any atom is 0.460 e. The average molecular weight is 736 g/mol. The molecule has 0 spiro atoms. The second-order valence-electron chi connectivity index (χ2n) is 7.92. The van der Waals surface area contributed by atoms with E-state index in [1.807, 2.05) is 0 Å². The first-order chi connectivity index (χ1) is 18.1. The minimum Gasteiger partial charge on any atom is -0.396 e. The van der Waals surface area contributed by atoms with Gasteiger partial charge in [0.1, 0.15) is 0 Å². The molecule has 0 bridgehead atoms. The van der Waals surface area contributed by atoms with Crippen molar-refractivity contribution in [3.63, 3.8) is 0 Å². The van der Waals surface area contributed by atoms with Crippen LogP contribution in [0, 0.1) is 0 Å². The molecule has 0 radical (unpaired) electrons. The van der Waals surface area contributed by atoms with Crippen molar-refractivity contribution in [3.05, 3.63) is 0 Å². The Labute approximate surface area is 221 Å². The van der Waals surface area contributed by atoms with E-state index in [0.717, 1.165) is 0 Å². The maximum atomic E-state index is 15.5. The Kier molecular flexibility index (Phi) is 9.78. The normalized spacial score (nSPS) is 20.3. The number of halogens is 20. The molecular weight excluding hydrogens is 728 g/mol. The predicted molar refractivity (Wildman–Crippen MR) is 89.2 cm³/mol. The van der Waals surface area contributed by atoms with Gasteiger partial charge in [-0.3, -0.25) is 9.11 Å². The number of rotatable bonds is 12. The van der Waals surface area contributed by atoms with Gasteiger partial charge in [0.2, 0.25) is 0 Å². The molecule has 3 atom stereocenters. The van der Waals surface area contributed by atoms with Gasteiger partial charge < -0.3 is 10.2 Å². The van der Waals surface area contributed by atoms with Crippen LogP contribution in [0.5, 0.6) is 0 Å². The monoisotopic (exact) mass is 736 g/mol. The molecule has 260 valence electrons. The van der Waals surface area contributed by atoms with E-state index < -0.39 is 96.8 Å². The van der Waals surface area contributed by atoms with Crippen LogP contribution in [0.4, 0.5) is 87.8 Å². The zero-order valence-electron chi connectivity index (χ0n) is 18.7. The molecular formula is C13H8F20O8S2. The molecule has 0 heterocycles. The molecule has 0 rings (SSSR count). The van der Waals surface area contributed by atoms with Gasteiger partial charge in [-0.15, -0.1) is 0 Å². The number of aliphatic hydroxyl groups excluding tert-OH is 1. The first-order valence-corrected chi connectivity index (χ1v) is 12.0. The van der Waals surface area contributed by atoms with Crippen molar-refractivity contribution in [1.82, 2.24) is 0 Å². The Bertz CT molecular complexity index is 1270. The lowest BCUT2D eigenvalue weighted by Gasteiger charge is -2.54. The fraction of sp³-hybridized carbons (Fsp3) is 1.00. The van der Waals surface area contributed by atoms with Crippen molar-refractivity contribution >= 4 is 20.2 Å². The van der Waals surface area contributed by atoms with Crippen LogP contribution in [0.2, 0.25) is 0 Å². The van der Waals surface area contributed by atoms with E-state index in [0.29, 0.717) is 0 Å². The topological polar surface area (TPSA) is 149 Å². The molecule has 0 fully saturated rings. The third-order valence-corrected chi connectivity index (χ3v) is 7.60. The lowest BCUT2D eigenvalue weighted by molar-refractivity contribution is -0.445. The van der Waals surface area contributed by atoms with Crippen molar-refractivity contribution in [2.24, 2.45) is 0 Å². The van der Waals surface area contributed by atoms with Crippen molar-refractivity contribution in [1.29, 1.82) is 0 Å². The zero-order valence-corrected chi connectivity index (χ0v) is 20.3. The molecule has 0 aromatic heterocycles. The van der Waals surface area contributed by atoms with Gasteiger partial charge >= 0.3 is 72.5 Å². The Morgan fingerprint density at radius 1 is 0.465 bits per heavy atom. The maximum absolute atomic E-state index is 15.5. The largest absolute Gasteiger partial charge is 0.460 e. The van der Waals surface area contributed by atoms with Crippen LogP contribution in [0.25, 0.3) is 0 Å². The summed E-state index contributed by atoms with van der Waals surface area (Å²) in [7, 11) is -17.9. The van der Waals surface area contributed by atoms with E-state index in [4.69, 9.17) is 14.2 Å². The Hall–Kier alpha value is -1.66. The summed E-state index contributed by atoms with van der Waals surface area (Å²) < 4.78 is 336. The second kappa shape index (κ2) is 10.2. The molecule has 4 N–H and O–H groups in total. The van der Waals surface area contributed by atoms with Gasteiger partial charge in [0, 0.05) is 13.0 Å². The third-order valence-electron chi connectivity index (χ3n) is 5.39. The quantitative estimate of drug-likeness (QED) is 0.173. The summed E-state index contributed by atoms with van der Waals surface area (Å²) in [6, 6.07) is 0. The lowest BCUT2D eigenvalue weighted by atomic mass is 9.67. The molecule has 0 aliphatic rings. The molecule has 0 aromatic carbocycles. The van der Waals surface area contributed by atoms with Crippen LogP contribution in [-0.4, -0.2) is 106 Å². The summed E-state index contributed by atoms with van der Waals surface area (Å²) in [6.07, 6.45) is -21.3. The lowest BCUT2D eigenvalue weighted by Crippen LogP contribution is -2.87. The molecule has 0 saturated carbocycles. The molecule has 8 nitrogen and oxygen atoms in total. The van der Waals surface area contributed by atoms with Gasteiger partial charge in [-0.05, 0) is 0 Å². The van der Waals surface area contributed by atoms with Gasteiger partial charge in [-0.1, -0.05) is 0 Å². The summed E-state index contributed by atoms with van der Waals surface area (Å²) >= 11 is 0. The molecule has 0 aromatic rings. The van der Waals surface area contributed by atoms with E-state index >= 15 is 8.78 Å². The fourth-order valence-electron chi connectivity index (χ4n) is 3.20. The molecule has 0 aliphatic heterocycles. The molecule has 30 heteroatoms. The molecule has 43 heavy (non-hydrogen) atoms. The smallest absolute Gasteiger partial charge is 0.396 e.